The van der Waals surface area contributed by atoms with Crippen LogP contribution in [0.5, 0.6) is 6.01 Å². The molecule has 4 rings (SSSR count). The standard InChI is InChI=1S/C22H32N6O2/c1-26-10-4-17(5-11-26)6-12-28-13-7-18(8-14-28)30-22-25-20(15-21(29)27(22)2)19-3-9-23-16-24-19/h3,9,15-18H,4-8,10-14H2,1-2H3. The lowest BCUT2D eigenvalue weighted by Crippen LogP contribution is -2.40. The maximum Gasteiger partial charge on any atom is 0.299 e. The second-order valence-corrected chi connectivity index (χ2v) is 8.61. The number of nitrogens with zero attached hydrogens (tertiary/aromatic N) is 6. The van der Waals surface area contributed by atoms with Gasteiger partial charge in [0.1, 0.15) is 12.4 Å². The topological polar surface area (TPSA) is 76.4 Å². The summed E-state index contributed by atoms with van der Waals surface area (Å²) in [5.74, 6) is 0.874. The molecule has 0 spiro atoms. The fraction of sp³-hybridized carbons (Fsp3) is 0.636. The minimum atomic E-state index is -0.149. The van der Waals surface area contributed by atoms with Crippen LogP contribution in [-0.4, -0.2) is 75.2 Å². The van der Waals surface area contributed by atoms with Gasteiger partial charge < -0.3 is 14.5 Å². The Morgan fingerprint density at radius 2 is 1.83 bits per heavy atom. The van der Waals surface area contributed by atoms with Crippen LogP contribution in [0.15, 0.2) is 29.5 Å². The summed E-state index contributed by atoms with van der Waals surface area (Å²) in [7, 11) is 3.92. The summed E-state index contributed by atoms with van der Waals surface area (Å²) in [5, 5.41) is 0. The van der Waals surface area contributed by atoms with E-state index in [0.29, 0.717) is 17.4 Å². The number of ether oxygens (including phenoxy) is 1. The minimum Gasteiger partial charge on any atom is -0.461 e. The Bertz CT molecular complexity index is 871. The van der Waals surface area contributed by atoms with Crippen LogP contribution in [0.3, 0.4) is 0 Å². The van der Waals surface area contributed by atoms with Gasteiger partial charge in [-0.3, -0.25) is 9.36 Å². The highest BCUT2D eigenvalue weighted by Gasteiger charge is 2.24. The number of piperidine rings is 2. The Kier molecular flexibility index (Phi) is 6.74. The molecular formula is C22H32N6O2. The predicted molar refractivity (Wildman–Crippen MR) is 115 cm³/mol. The Morgan fingerprint density at radius 3 is 2.53 bits per heavy atom. The zero-order valence-corrected chi connectivity index (χ0v) is 18.0. The van der Waals surface area contributed by atoms with E-state index in [-0.39, 0.29) is 11.7 Å². The third kappa shape index (κ3) is 5.23. The van der Waals surface area contributed by atoms with Gasteiger partial charge in [0.05, 0.1) is 11.4 Å². The highest BCUT2D eigenvalue weighted by molar-refractivity contribution is 5.52. The fourth-order valence-corrected chi connectivity index (χ4v) is 4.31. The number of rotatable bonds is 6. The molecule has 0 amide bonds. The van der Waals surface area contributed by atoms with E-state index in [1.165, 1.54) is 55.9 Å². The van der Waals surface area contributed by atoms with Crippen LogP contribution in [0.1, 0.15) is 32.1 Å². The number of hydrogen-bond acceptors (Lipinski definition) is 7. The van der Waals surface area contributed by atoms with Crippen molar-refractivity contribution in [2.75, 3.05) is 39.8 Å². The molecule has 30 heavy (non-hydrogen) atoms. The largest absolute Gasteiger partial charge is 0.461 e. The van der Waals surface area contributed by atoms with Crippen molar-refractivity contribution in [3.63, 3.8) is 0 Å². The highest BCUT2D eigenvalue weighted by atomic mass is 16.5. The maximum absolute atomic E-state index is 12.4. The van der Waals surface area contributed by atoms with Gasteiger partial charge in [-0.1, -0.05) is 0 Å². The molecule has 0 N–H and O–H groups in total. The smallest absolute Gasteiger partial charge is 0.299 e. The molecule has 2 saturated heterocycles. The van der Waals surface area contributed by atoms with Gasteiger partial charge in [-0.05, 0) is 70.8 Å². The van der Waals surface area contributed by atoms with Crippen LogP contribution < -0.4 is 10.3 Å². The average molecular weight is 413 g/mol. The molecule has 2 fully saturated rings. The van der Waals surface area contributed by atoms with E-state index < -0.39 is 0 Å². The molecule has 0 unspecified atom stereocenters. The molecule has 8 nitrogen and oxygen atoms in total. The van der Waals surface area contributed by atoms with Gasteiger partial charge in [0.2, 0.25) is 0 Å². The molecule has 2 aliphatic rings. The molecule has 0 radical (unpaired) electrons. The predicted octanol–water partition coefficient (Wildman–Crippen LogP) is 1.81. The molecule has 0 saturated carbocycles. The van der Waals surface area contributed by atoms with Crippen LogP contribution in [-0.2, 0) is 7.05 Å². The summed E-state index contributed by atoms with van der Waals surface area (Å²) in [6.07, 6.45) is 9.07. The molecule has 0 atom stereocenters. The maximum atomic E-state index is 12.4. The quantitative estimate of drug-likeness (QED) is 0.716. The Balaban J connectivity index is 1.31. The second-order valence-electron chi connectivity index (χ2n) is 8.61. The van der Waals surface area contributed by atoms with E-state index in [9.17, 15) is 4.79 Å². The van der Waals surface area contributed by atoms with Crippen molar-refractivity contribution < 1.29 is 4.74 Å². The Hall–Kier alpha value is -2.32. The van der Waals surface area contributed by atoms with Crippen LogP contribution in [0, 0.1) is 5.92 Å². The van der Waals surface area contributed by atoms with Gasteiger partial charge in [0.15, 0.2) is 0 Å². The van der Waals surface area contributed by atoms with E-state index in [2.05, 4.69) is 31.8 Å². The summed E-state index contributed by atoms with van der Waals surface area (Å²) < 4.78 is 7.63. The van der Waals surface area contributed by atoms with E-state index in [0.717, 1.165) is 31.8 Å². The molecule has 2 aromatic rings. The molecule has 0 aromatic carbocycles. The number of likely N-dealkylation sites (tertiary alicyclic amines) is 2. The molecular weight excluding hydrogens is 380 g/mol. The van der Waals surface area contributed by atoms with Crippen LogP contribution >= 0.6 is 0 Å². The summed E-state index contributed by atoms with van der Waals surface area (Å²) in [5.41, 5.74) is 0.992. The minimum absolute atomic E-state index is 0.0864. The van der Waals surface area contributed by atoms with Crippen molar-refractivity contribution in [3.8, 4) is 17.4 Å². The third-order valence-corrected chi connectivity index (χ3v) is 6.44. The van der Waals surface area contributed by atoms with Gasteiger partial charge in [0.25, 0.3) is 11.6 Å². The number of hydrogen-bond donors (Lipinski definition) is 0. The van der Waals surface area contributed by atoms with E-state index in [4.69, 9.17) is 4.74 Å². The second kappa shape index (κ2) is 9.66. The molecule has 2 aromatic heterocycles. The summed E-state index contributed by atoms with van der Waals surface area (Å²) in [4.78, 5) is 30.0. The molecule has 8 heteroatoms. The van der Waals surface area contributed by atoms with Crippen LogP contribution in [0.25, 0.3) is 11.4 Å². The van der Waals surface area contributed by atoms with Crippen molar-refractivity contribution in [1.82, 2.24) is 29.3 Å². The molecule has 0 aliphatic carbocycles. The lowest BCUT2D eigenvalue weighted by Gasteiger charge is -2.34. The first-order chi connectivity index (χ1) is 14.6. The van der Waals surface area contributed by atoms with Gasteiger partial charge in [-0.15, -0.1) is 0 Å². The van der Waals surface area contributed by atoms with Crippen LogP contribution in [0.4, 0.5) is 0 Å². The molecule has 2 aliphatic heterocycles. The summed E-state index contributed by atoms with van der Waals surface area (Å²) in [6, 6.07) is 3.59. The Labute approximate surface area is 177 Å². The number of aromatic nitrogens is 4. The first-order valence-electron chi connectivity index (χ1n) is 11.0. The van der Waals surface area contributed by atoms with Crippen molar-refractivity contribution in [2.45, 2.75) is 38.2 Å². The van der Waals surface area contributed by atoms with Crippen molar-refractivity contribution in [2.24, 2.45) is 13.0 Å². The first kappa shape index (κ1) is 20.9. The third-order valence-electron chi connectivity index (χ3n) is 6.44. The lowest BCUT2D eigenvalue weighted by atomic mass is 9.93. The van der Waals surface area contributed by atoms with Gasteiger partial charge in [-0.25, -0.2) is 9.97 Å². The van der Waals surface area contributed by atoms with E-state index >= 15 is 0 Å². The zero-order chi connectivity index (χ0) is 20.9. The molecule has 0 bridgehead atoms. The monoisotopic (exact) mass is 412 g/mol. The normalized spacial score (nSPS) is 19.8. The van der Waals surface area contributed by atoms with Gasteiger partial charge in [-0.2, -0.15) is 4.98 Å². The summed E-state index contributed by atoms with van der Waals surface area (Å²) >= 11 is 0. The SMILES string of the molecule is CN1CCC(CCN2CCC(Oc3nc(-c4ccncn4)cc(=O)n3C)CC2)CC1. The van der Waals surface area contributed by atoms with Gasteiger partial charge in [0, 0.05) is 32.4 Å². The summed E-state index contributed by atoms with van der Waals surface area (Å²) in [6.45, 7) is 5.73. The highest BCUT2D eigenvalue weighted by Crippen LogP contribution is 2.22. The Morgan fingerprint density at radius 1 is 1.07 bits per heavy atom. The van der Waals surface area contributed by atoms with Gasteiger partial charge >= 0.3 is 0 Å². The van der Waals surface area contributed by atoms with Crippen molar-refractivity contribution in [1.29, 1.82) is 0 Å². The van der Waals surface area contributed by atoms with Crippen LogP contribution in [0.2, 0.25) is 0 Å². The van der Waals surface area contributed by atoms with Crippen molar-refractivity contribution in [3.05, 3.63) is 35.0 Å². The van der Waals surface area contributed by atoms with E-state index in [1.54, 1.807) is 19.3 Å². The van der Waals surface area contributed by atoms with E-state index in [1.807, 2.05) is 0 Å². The first-order valence-corrected chi connectivity index (χ1v) is 11.0. The zero-order valence-electron chi connectivity index (χ0n) is 18.0. The molecule has 162 valence electrons. The lowest BCUT2D eigenvalue weighted by molar-refractivity contribution is 0.0833. The fourth-order valence-electron chi connectivity index (χ4n) is 4.31. The average Bonchev–Trinajstić information content (AvgIpc) is 2.78. The molecule has 4 heterocycles. The van der Waals surface area contributed by atoms with Crippen molar-refractivity contribution >= 4 is 0 Å².